The molecule has 0 radical (unpaired) electrons. The Morgan fingerprint density at radius 3 is 2.22 bits per heavy atom. The Kier molecular flexibility index (Phi) is 2.41. The average Bonchev–Trinajstić information content (AvgIpc) is 2.85. The van der Waals surface area contributed by atoms with Gasteiger partial charge in [-0.2, -0.15) is 0 Å². The Bertz CT molecular complexity index is 1220. The first-order chi connectivity index (χ1) is 11.2. The minimum atomic E-state index is 1.30. The van der Waals surface area contributed by atoms with Crippen LogP contribution in [0.2, 0.25) is 0 Å². The first-order valence-electron chi connectivity index (χ1n) is 8.03. The molecule has 0 aliphatic rings. The molecule has 23 heavy (non-hydrogen) atoms. The molecule has 0 amide bonds. The van der Waals surface area contributed by atoms with Crippen LogP contribution in [0.5, 0.6) is 0 Å². The summed E-state index contributed by atoms with van der Waals surface area (Å²) in [6.07, 6.45) is 0. The van der Waals surface area contributed by atoms with Crippen molar-refractivity contribution < 1.29 is 0 Å². The molecule has 0 saturated heterocycles. The van der Waals surface area contributed by atoms with Crippen molar-refractivity contribution in [3.8, 4) is 0 Å². The van der Waals surface area contributed by atoms with Gasteiger partial charge in [-0.05, 0) is 46.8 Å². The van der Waals surface area contributed by atoms with E-state index in [0.29, 0.717) is 0 Å². The molecule has 5 rings (SSSR count). The molecule has 0 bridgehead atoms. The molecule has 0 unspecified atom stereocenters. The van der Waals surface area contributed by atoms with Crippen molar-refractivity contribution in [1.82, 2.24) is 4.57 Å². The number of benzene rings is 4. The third-order valence-electron chi connectivity index (χ3n) is 5.00. The van der Waals surface area contributed by atoms with Crippen LogP contribution in [0.25, 0.3) is 43.4 Å². The van der Waals surface area contributed by atoms with E-state index in [9.17, 15) is 0 Å². The van der Waals surface area contributed by atoms with Crippen LogP contribution in [0.4, 0.5) is 0 Å². The van der Waals surface area contributed by atoms with Gasteiger partial charge in [-0.25, -0.2) is 0 Å². The second-order valence-corrected chi connectivity index (χ2v) is 6.46. The molecule has 4 aromatic carbocycles. The Labute approximate surface area is 134 Å². The summed E-state index contributed by atoms with van der Waals surface area (Å²) >= 11 is 0. The fourth-order valence-corrected chi connectivity index (χ4v) is 3.84. The van der Waals surface area contributed by atoms with Gasteiger partial charge in [-0.1, -0.05) is 48.5 Å². The molecule has 5 aromatic rings. The van der Waals surface area contributed by atoms with E-state index in [2.05, 4.69) is 85.3 Å². The quantitative estimate of drug-likeness (QED) is 0.311. The average molecular weight is 295 g/mol. The molecule has 0 aliphatic heterocycles. The number of nitrogens with zero attached hydrogens (tertiary/aromatic N) is 1. The van der Waals surface area contributed by atoms with Crippen molar-refractivity contribution in [1.29, 1.82) is 0 Å². The van der Waals surface area contributed by atoms with E-state index >= 15 is 0 Å². The molecule has 0 N–H and O–H groups in total. The van der Waals surface area contributed by atoms with E-state index in [-0.39, 0.29) is 0 Å². The van der Waals surface area contributed by atoms with Crippen molar-refractivity contribution in [2.45, 2.75) is 6.92 Å². The van der Waals surface area contributed by atoms with Crippen molar-refractivity contribution in [3.05, 3.63) is 72.3 Å². The number of hydrogen-bond donors (Lipinski definition) is 0. The Balaban J connectivity index is 2.06. The van der Waals surface area contributed by atoms with Crippen LogP contribution in [0.1, 0.15) is 5.56 Å². The van der Waals surface area contributed by atoms with E-state index in [0.717, 1.165) is 0 Å². The molecular formula is C22H17N. The summed E-state index contributed by atoms with van der Waals surface area (Å²) in [4.78, 5) is 0. The predicted molar refractivity (Wildman–Crippen MR) is 100 cm³/mol. The van der Waals surface area contributed by atoms with Crippen molar-refractivity contribution >= 4 is 43.4 Å². The monoisotopic (exact) mass is 295 g/mol. The Morgan fingerprint density at radius 1 is 0.652 bits per heavy atom. The van der Waals surface area contributed by atoms with Crippen molar-refractivity contribution in [3.63, 3.8) is 0 Å². The SMILES string of the molecule is Cc1ccc2c3ccc4cc5ccccc5cc4c3n(C)c2c1. The summed E-state index contributed by atoms with van der Waals surface area (Å²) in [6, 6.07) is 24.5. The van der Waals surface area contributed by atoms with Gasteiger partial charge in [-0.3, -0.25) is 0 Å². The molecule has 0 atom stereocenters. The summed E-state index contributed by atoms with van der Waals surface area (Å²) in [6.45, 7) is 2.16. The van der Waals surface area contributed by atoms with Crippen LogP contribution < -0.4 is 0 Å². The van der Waals surface area contributed by atoms with Crippen LogP contribution >= 0.6 is 0 Å². The third kappa shape index (κ3) is 1.68. The first-order valence-corrected chi connectivity index (χ1v) is 8.03. The maximum atomic E-state index is 2.34. The predicted octanol–water partition coefficient (Wildman–Crippen LogP) is 5.95. The minimum Gasteiger partial charge on any atom is -0.343 e. The zero-order chi connectivity index (χ0) is 15.6. The molecule has 0 saturated carbocycles. The van der Waals surface area contributed by atoms with Crippen LogP contribution in [0.3, 0.4) is 0 Å². The Morgan fingerprint density at radius 2 is 1.39 bits per heavy atom. The second-order valence-electron chi connectivity index (χ2n) is 6.46. The summed E-state index contributed by atoms with van der Waals surface area (Å²) in [5.41, 5.74) is 3.94. The number of fused-ring (bicyclic) bond motifs is 6. The molecule has 1 heterocycles. The molecule has 0 spiro atoms. The lowest BCUT2D eigenvalue weighted by Crippen LogP contribution is -1.88. The molecule has 0 aliphatic carbocycles. The summed E-state index contributed by atoms with van der Waals surface area (Å²) in [5.74, 6) is 0. The smallest absolute Gasteiger partial charge is 0.0568 e. The number of aryl methyl sites for hydroxylation is 2. The van der Waals surface area contributed by atoms with Gasteiger partial charge in [0.2, 0.25) is 0 Å². The van der Waals surface area contributed by atoms with Gasteiger partial charge in [0.25, 0.3) is 0 Å². The number of hydrogen-bond acceptors (Lipinski definition) is 0. The fourth-order valence-electron chi connectivity index (χ4n) is 3.84. The zero-order valence-electron chi connectivity index (χ0n) is 13.3. The Hall–Kier alpha value is -2.80. The summed E-state index contributed by atoms with van der Waals surface area (Å²) in [5, 5.41) is 7.91. The highest BCUT2D eigenvalue weighted by Crippen LogP contribution is 2.35. The maximum Gasteiger partial charge on any atom is 0.0568 e. The molecule has 0 fully saturated rings. The van der Waals surface area contributed by atoms with Gasteiger partial charge in [0, 0.05) is 28.7 Å². The highest BCUT2D eigenvalue weighted by atomic mass is 14.9. The van der Waals surface area contributed by atoms with Crippen LogP contribution in [0, 0.1) is 6.92 Å². The lowest BCUT2D eigenvalue weighted by atomic mass is 10.0. The second kappa shape index (κ2) is 4.36. The number of aromatic nitrogens is 1. The van der Waals surface area contributed by atoms with E-state index in [1.54, 1.807) is 0 Å². The van der Waals surface area contributed by atoms with E-state index in [1.165, 1.54) is 48.9 Å². The van der Waals surface area contributed by atoms with Gasteiger partial charge < -0.3 is 4.57 Å². The largest absolute Gasteiger partial charge is 0.343 e. The van der Waals surface area contributed by atoms with Gasteiger partial charge in [0.05, 0.1) is 5.52 Å². The summed E-state index contributed by atoms with van der Waals surface area (Å²) in [7, 11) is 2.18. The highest BCUT2D eigenvalue weighted by Gasteiger charge is 2.11. The van der Waals surface area contributed by atoms with Crippen molar-refractivity contribution in [2.75, 3.05) is 0 Å². The highest BCUT2D eigenvalue weighted by molar-refractivity contribution is 6.19. The van der Waals surface area contributed by atoms with Crippen LogP contribution in [-0.2, 0) is 7.05 Å². The van der Waals surface area contributed by atoms with Crippen LogP contribution in [0.15, 0.2) is 66.7 Å². The van der Waals surface area contributed by atoms with Gasteiger partial charge >= 0.3 is 0 Å². The summed E-state index contributed by atoms with van der Waals surface area (Å²) < 4.78 is 2.34. The topological polar surface area (TPSA) is 4.93 Å². The van der Waals surface area contributed by atoms with E-state index in [4.69, 9.17) is 0 Å². The van der Waals surface area contributed by atoms with Crippen LogP contribution in [-0.4, -0.2) is 4.57 Å². The van der Waals surface area contributed by atoms with Crippen molar-refractivity contribution in [2.24, 2.45) is 7.05 Å². The van der Waals surface area contributed by atoms with Gasteiger partial charge in [0.1, 0.15) is 0 Å². The minimum absolute atomic E-state index is 1.30. The first kappa shape index (κ1) is 12.7. The molecule has 110 valence electrons. The lowest BCUT2D eigenvalue weighted by Gasteiger charge is -2.06. The normalized spacial score (nSPS) is 11.9. The third-order valence-corrected chi connectivity index (χ3v) is 5.00. The maximum absolute atomic E-state index is 2.34. The standard InChI is InChI=1S/C22H17N/c1-14-7-9-18-19-10-8-17-12-15-5-3-4-6-16(15)13-20(17)22(19)23(2)21(18)11-14/h3-13H,1-2H3. The molecule has 1 aromatic heterocycles. The zero-order valence-corrected chi connectivity index (χ0v) is 13.3. The van der Waals surface area contributed by atoms with Gasteiger partial charge in [-0.15, -0.1) is 0 Å². The molecule has 1 heteroatoms. The fraction of sp³-hybridized carbons (Fsp3) is 0.0909. The van der Waals surface area contributed by atoms with E-state index in [1.807, 2.05) is 0 Å². The molecular weight excluding hydrogens is 278 g/mol. The van der Waals surface area contributed by atoms with E-state index < -0.39 is 0 Å². The molecule has 1 nitrogen and oxygen atoms in total. The van der Waals surface area contributed by atoms with Gasteiger partial charge in [0.15, 0.2) is 0 Å². The number of rotatable bonds is 0. The lowest BCUT2D eigenvalue weighted by molar-refractivity contribution is 1.02.